The number of rotatable bonds is 3. The van der Waals surface area contributed by atoms with Crippen LogP contribution >= 0.6 is 0 Å². The average Bonchev–Trinajstić information content (AvgIpc) is 2.16. The molecule has 0 saturated heterocycles. The summed E-state index contributed by atoms with van der Waals surface area (Å²) in [5, 5.41) is 2.41. The summed E-state index contributed by atoms with van der Waals surface area (Å²) in [4.78, 5) is 26.1. The van der Waals surface area contributed by atoms with E-state index in [2.05, 4.69) is 10.3 Å². The molecule has 1 amide bonds. The maximum atomic E-state index is 11.8. The third-order valence-corrected chi connectivity index (χ3v) is 1.87. The van der Waals surface area contributed by atoms with Crippen LogP contribution in [0.2, 0.25) is 0 Å². The topological polar surface area (TPSA) is 59.1 Å². The van der Waals surface area contributed by atoms with Crippen molar-refractivity contribution < 1.29 is 9.59 Å². The molecule has 0 spiro atoms. The van der Waals surface area contributed by atoms with Crippen LogP contribution < -0.4 is 5.32 Å². The number of hydrogen-bond donors (Lipinski definition) is 1. The zero-order valence-corrected chi connectivity index (χ0v) is 9.07. The predicted octanol–water partition coefficient (Wildman–Crippen LogP) is 1.88. The molecule has 0 fully saturated rings. The largest absolute Gasteiger partial charge is 0.313 e. The molecule has 80 valence electrons. The monoisotopic (exact) mass is 206 g/mol. The third-order valence-electron chi connectivity index (χ3n) is 1.87. The zero-order chi connectivity index (χ0) is 11.5. The summed E-state index contributed by atoms with van der Waals surface area (Å²) < 4.78 is 0. The molecule has 0 aromatic carbocycles. The number of Topliss-reactive ketones (excluding diaryl/α,β-unsaturated/α-hetero) is 1. The number of nitrogens with zero attached hydrogens (tertiary/aromatic N) is 1. The number of amides is 1. The fourth-order valence-corrected chi connectivity index (χ4v) is 1.09. The van der Waals surface area contributed by atoms with E-state index < -0.39 is 5.41 Å². The summed E-state index contributed by atoms with van der Waals surface area (Å²) in [6.07, 6.45) is 0.535. The Morgan fingerprint density at radius 1 is 1.40 bits per heavy atom. The molecule has 1 aromatic heterocycles. The lowest BCUT2D eigenvalue weighted by Gasteiger charge is -2.15. The first-order chi connectivity index (χ1) is 6.95. The van der Waals surface area contributed by atoms with Crippen LogP contribution in [0.3, 0.4) is 0 Å². The van der Waals surface area contributed by atoms with E-state index in [1.807, 2.05) is 20.8 Å². The minimum absolute atomic E-state index is 0.0444. The molecule has 15 heavy (non-hydrogen) atoms. The summed E-state index contributed by atoms with van der Waals surface area (Å²) >= 11 is 0. The second-order valence-electron chi connectivity index (χ2n) is 4.25. The highest BCUT2D eigenvalue weighted by molar-refractivity contribution is 5.98. The van der Waals surface area contributed by atoms with Gasteiger partial charge in [0.15, 0.2) is 5.78 Å². The first-order valence-corrected chi connectivity index (χ1v) is 4.67. The van der Waals surface area contributed by atoms with Crippen molar-refractivity contribution >= 4 is 18.0 Å². The second-order valence-corrected chi connectivity index (χ2v) is 4.25. The third kappa shape index (κ3) is 2.87. The summed E-state index contributed by atoms with van der Waals surface area (Å²) in [7, 11) is 0. The maximum absolute atomic E-state index is 11.8. The highest BCUT2D eigenvalue weighted by Gasteiger charge is 2.23. The van der Waals surface area contributed by atoms with E-state index in [9.17, 15) is 9.59 Å². The first kappa shape index (κ1) is 11.4. The Hall–Kier alpha value is -1.71. The van der Waals surface area contributed by atoms with Crippen LogP contribution in [-0.4, -0.2) is 17.2 Å². The van der Waals surface area contributed by atoms with Crippen molar-refractivity contribution in [2.24, 2.45) is 5.41 Å². The van der Waals surface area contributed by atoms with Crippen molar-refractivity contribution in [2.75, 3.05) is 5.32 Å². The molecular weight excluding hydrogens is 192 g/mol. The molecule has 1 heterocycles. The fourth-order valence-electron chi connectivity index (χ4n) is 1.09. The van der Waals surface area contributed by atoms with Crippen LogP contribution in [0, 0.1) is 5.41 Å². The van der Waals surface area contributed by atoms with Crippen molar-refractivity contribution in [1.29, 1.82) is 0 Å². The van der Waals surface area contributed by atoms with Crippen LogP contribution in [0.1, 0.15) is 31.3 Å². The second kappa shape index (κ2) is 4.21. The Morgan fingerprint density at radius 3 is 2.60 bits per heavy atom. The molecule has 1 aromatic rings. The summed E-state index contributed by atoms with van der Waals surface area (Å²) in [6.45, 7) is 5.49. The Bertz CT molecular complexity index is 380. The maximum Gasteiger partial charge on any atom is 0.212 e. The Labute approximate surface area is 88.7 Å². The highest BCUT2D eigenvalue weighted by atomic mass is 16.1. The number of anilines is 1. The van der Waals surface area contributed by atoms with Gasteiger partial charge in [-0.2, -0.15) is 0 Å². The van der Waals surface area contributed by atoms with Gasteiger partial charge in [-0.05, 0) is 12.1 Å². The SMILES string of the molecule is CC(C)(C)C(=O)c1cccc(NC=O)n1. The van der Waals surface area contributed by atoms with Crippen molar-refractivity contribution in [1.82, 2.24) is 4.98 Å². The normalized spacial score (nSPS) is 10.9. The number of hydrogen-bond acceptors (Lipinski definition) is 3. The summed E-state index contributed by atoms with van der Waals surface area (Å²) in [5.41, 5.74) is -0.0957. The summed E-state index contributed by atoms with van der Waals surface area (Å²) in [5.74, 6) is 0.345. The number of carbonyl (C=O) groups excluding carboxylic acids is 2. The lowest BCUT2D eigenvalue weighted by molar-refractivity contribution is -0.105. The number of pyridine rings is 1. The average molecular weight is 206 g/mol. The van der Waals surface area contributed by atoms with Crippen LogP contribution in [0.15, 0.2) is 18.2 Å². The van der Waals surface area contributed by atoms with E-state index >= 15 is 0 Å². The van der Waals surface area contributed by atoms with Gasteiger partial charge in [0.2, 0.25) is 6.41 Å². The van der Waals surface area contributed by atoms with E-state index in [1.54, 1.807) is 18.2 Å². The Kier molecular flexibility index (Phi) is 3.19. The standard InChI is InChI=1S/C11H14N2O2/c1-11(2,3)10(15)8-5-4-6-9(13-8)12-7-14/h4-7H,1-3H3,(H,12,13,14). The van der Waals surface area contributed by atoms with Crippen LogP contribution in [0.5, 0.6) is 0 Å². The van der Waals surface area contributed by atoms with Gasteiger partial charge in [0.05, 0.1) is 0 Å². The van der Waals surface area contributed by atoms with Crippen LogP contribution in [0.4, 0.5) is 5.82 Å². The van der Waals surface area contributed by atoms with Gasteiger partial charge in [-0.1, -0.05) is 26.8 Å². The zero-order valence-electron chi connectivity index (χ0n) is 9.07. The molecule has 0 aliphatic carbocycles. The Morgan fingerprint density at radius 2 is 2.07 bits per heavy atom. The van der Waals surface area contributed by atoms with E-state index in [0.29, 0.717) is 17.9 Å². The fraction of sp³-hybridized carbons (Fsp3) is 0.364. The molecule has 4 nitrogen and oxygen atoms in total. The first-order valence-electron chi connectivity index (χ1n) is 4.67. The molecule has 0 saturated carbocycles. The van der Waals surface area contributed by atoms with E-state index in [1.165, 1.54) is 0 Å². The minimum Gasteiger partial charge on any atom is -0.313 e. The lowest BCUT2D eigenvalue weighted by Crippen LogP contribution is -2.21. The molecule has 1 N–H and O–H groups in total. The molecule has 0 bridgehead atoms. The number of nitrogens with one attached hydrogen (secondary N) is 1. The Balaban J connectivity index is 3.00. The molecule has 0 aliphatic heterocycles. The van der Waals surface area contributed by atoms with Crippen molar-refractivity contribution in [3.05, 3.63) is 23.9 Å². The quantitative estimate of drug-likeness (QED) is 0.606. The highest BCUT2D eigenvalue weighted by Crippen LogP contribution is 2.20. The minimum atomic E-state index is -0.465. The molecule has 0 unspecified atom stereocenters. The van der Waals surface area contributed by atoms with Crippen molar-refractivity contribution in [3.8, 4) is 0 Å². The number of carbonyl (C=O) groups is 2. The van der Waals surface area contributed by atoms with Gasteiger partial charge in [0.25, 0.3) is 0 Å². The predicted molar refractivity (Wildman–Crippen MR) is 57.7 cm³/mol. The van der Waals surface area contributed by atoms with Gasteiger partial charge >= 0.3 is 0 Å². The molecule has 4 heteroatoms. The van der Waals surface area contributed by atoms with Gasteiger partial charge in [-0.3, -0.25) is 9.59 Å². The van der Waals surface area contributed by atoms with E-state index in [0.717, 1.165) is 0 Å². The molecule has 0 aliphatic rings. The summed E-state index contributed by atoms with van der Waals surface area (Å²) in [6, 6.07) is 4.97. The molecule has 0 atom stereocenters. The van der Waals surface area contributed by atoms with Crippen molar-refractivity contribution in [3.63, 3.8) is 0 Å². The van der Waals surface area contributed by atoms with Gasteiger partial charge < -0.3 is 5.32 Å². The van der Waals surface area contributed by atoms with Crippen LogP contribution in [0.25, 0.3) is 0 Å². The van der Waals surface area contributed by atoms with E-state index in [4.69, 9.17) is 0 Å². The smallest absolute Gasteiger partial charge is 0.212 e. The van der Waals surface area contributed by atoms with Gasteiger partial charge in [0.1, 0.15) is 11.5 Å². The van der Waals surface area contributed by atoms with Crippen molar-refractivity contribution in [2.45, 2.75) is 20.8 Å². The molecule has 1 rings (SSSR count). The van der Waals surface area contributed by atoms with E-state index in [-0.39, 0.29) is 5.78 Å². The van der Waals surface area contributed by atoms with Gasteiger partial charge in [-0.25, -0.2) is 4.98 Å². The lowest BCUT2D eigenvalue weighted by atomic mass is 9.89. The molecular formula is C11H14N2O2. The number of aromatic nitrogens is 1. The van der Waals surface area contributed by atoms with Crippen LogP contribution in [-0.2, 0) is 4.79 Å². The van der Waals surface area contributed by atoms with Gasteiger partial charge in [0, 0.05) is 5.41 Å². The van der Waals surface area contributed by atoms with Gasteiger partial charge in [-0.15, -0.1) is 0 Å². The molecule has 0 radical (unpaired) electrons. The number of ketones is 1.